The average Bonchev–Trinajstić information content (AvgIpc) is 2.81. The van der Waals surface area contributed by atoms with Gasteiger partial charge in [0.05, 0.1) is 0 Å². The molecule has 2 rings (SSSR count). The zero-order valence-electron chi connectivity index (χ0n) is 10.9. The van der Waals surface area contributed by atoms with E-state index in [1.54, 1.807) is 11.0 Å². The number of rotatable bonds is 4. The van der Waals surface area contributed by atoms with Crippen molar-refractivity contribution in [1.29, 1.82) is 0 Å². The molecule has 1 fully saturated rings. The summed E-state index contributed by atoms with van der Waals surface area (Å²) >= 11 is 0. The second-order valence-corrected chi connectivity index (χ2v) is 4.91. The molecule has 0 radical (unpaired) electrons. The Morgan fingerprint density at radius 1 is 1.11 bits per heavy atom. The van der Waals surface area contributed by atoms with E-state index in [0.29, 0.717) is 12.3 Å². The molecule has 5 nitrogen and oxygen atoms in total. The number of hydrogen-bond acceptors (Lipinski definition) is 3. The Labute approximate surface area is 108 Å². The van der Waals surface area contributed by atoms with Crippen LogP contribution in [0.25, 0.3) is 0 Å². The summed E-state index contributed by atoms with van der Waals surface area (Å²) in [5, 5.41) is 4.03. The maximum absolute atomic E-state index is 12.1. The van der Waals surface area contributed by atoms with Crippen molar-refractivity contribution in [3.8, 4) is 0 Å². The van der Waals surface area contributed by atoms with Gasteiger partial charge in [0, 0.05) is 26.1 Å². The number of carbonyl (C=O) groups is 1. The van der Waals surface area contributed by atoms with Crippen molar-refractivity contribution in [3.05, 3.63) is 12.7 Å². The van der Waals surface area contributed by atoms with Crippen LogP contribution in [0.15, 0.2) is 12.7 Å². The van der Waals surface area contributed by atoms with Crippen LogP contribution < -0.4 is 0 Å². The highest BCUT2D eigenvalue weighted by Crippen LogP contribution is 2.12. The lowest BCUT2D eigenvalue weighted by atomic mass is 10.1. The van der Waals surface area contributed by atoms with Gasteiger partial charge in [0.1, 0.15) is 12.7 Å². The van der Waals surface area contributed by atoms with E-state index in [1.165, 1.54) is 25.6 Å². The van der Waals surface area contributed by atoms with E-state index in [-0.39, 0.29) is 0 Å². The molecule has 1 amide bonds. The molecule has 0 bridgehead atoms. The summed E-state index contributed by atoms with van der Waals surface area (Å²) < 4.78 is 1.78. The van der Waals surface area contributed by atoms with E-state index in [1.807, 2.05) is 4.90 Å². The molecule has 0 saturated carbocycles. The molecule has 0 aliphatic carbocycles. The fraction of sp³-hybridized carbons (Fsp3) is 0.769. The third-order valence-electron chi connectivity index (χ3n) is 3.45. The van der Waals surface area contributed by atoms with E-state index < -0.39 is 0 Å². The predicted molar refractivity (Wildman–Crippen MR) is 68.9 cm³/mol. The first-order valence-corrected chi connectivity index (χ1v) is 6.96. The average molecular weight is 250 g/mol. The Morgan fingerprint density at radius 3 is 2.50 bits per heavy atom. The lowest BCUT2D eigenvalue weighted by molar-refractivity contribution is -0.131. The molecule has 1 aromatic heterocycles. The summed E-state index contributed by atoms with van der Waals surface area (Å²) in [7, 11) is 0. The largest absolute Gasteiger partial charge is 0.343 e. The van der Waals surface area contributed by atoms with E-state index in [0.717, 1.165) is 38.9 Å². The first-order chi connectivity index (χ1) is 8.86. The number of nitrogens with zero attached hydrogens (tertiary/aromatic N) is 4. The van der Waals surface area contributed by atoms with Gasteiger partial charge in [-0.05, 0) is 19.3 Å². The van der Waals surface area contributed by atoms with Crippen molar-refractivity contribution in [3.63, 3.8) is 0 Å². The molecule has 0 aromatic carbocycles. The Morgan fingerprint density at radius 2 is 1.83 bits per heavy atom. The lowest BCUT2D eigenvalue weighted by Gasteiger charge is -2.24. The van der Waals surface area contributed by atoms with Gasteiger partial charge in [0.15, 0.2) is 0 Å². The summed E-state index contributed by atoms with van der Waals surface area (Å²) in [6.45, 7) is 2.67. The highest BCUT2D eigenvalue weighted by Gasteiger charge is 2.14. The summed E-state index contributed by atoms with van der Waals surface area (Å²) in [4.78, 5) is 18.0. The van der Waals surface area contributed by atoms with Gasteiger partial charge in [-0.25, -0.2) is 4.98 Å². The molecule has 18 heavy (non-hydrogen) atoms. The van der Waals surface area contributed by atoms with Crippen LogP contribution in [-0.2, 0) is 11.3 Å². The first-order valence-electron chi connectivity index (χ1n) is 6.96. The van der Waals surface area contributed by atoms with Crippen LogP contribution in [0.4, 0.5) is 0 Å². The molecule has 0 unspecified atom stereocenters. The van der Waals surface area contributed by atoms with E-state index in [9.17, 15) is 4.79 Å². The highest BCUT2D eigenvalue weighted by molar-refractivity contribution is 5.76. The van der Waals surface area contributed by atoms with Crippen LogP contribution in [0.1, 0.15) is 44.9 Å². The Balaban J connectivity index is 1.69. The van der Waals surface area contributed by atoms with Crippen molar-refractivity contribution >= 4 is 5.91 Å². The maximum atomic E-state index is 12.1. The van der Waals surface area contributed by atoms with E-state index >= 15 is 0 Å². The second kappa shape index (κ2) is 7.13. The fourth-order valence-corrected chi connectivity index (χ4v) is 2.40. The minimum Gasteiger partial charge on any atom is -0.343 e. The lowest BCUT2D eigenvalue weighted by Crippen LogP contribution is -2.33. The van der Waals surface area contributed by atoms with Crippen LogP contribution >= 0.6 is 0 Å². The number of aromatic nitrogens is 3. The van der Waals surface area contributed by atoms with Crippen molar-refractivity contribution < 1.29 is 4.79 Å². The van der Waals surface area contributed by atoms with Gasteiger partial charge in [0.2, 0.25) is 5.91 Å². The monoisotopic (exact) mass is 250 g/mol. The van der Waals surface area contributed by atoms with Crippen molar-refractivity contribution in [2.45, 2.75) is 51.5 Å². The van der Waals surface area contributed by atoms with Gasteiger partial charge in [-0.15, -0.1) is 0 Å². The van der Waals surface area contributed by atoms with Gasteiger partial charge in [0.25, 0.3) is 0 Å². The zero-order valence-corrected chi connectivity index (χ0v) is 10.9. The summed E-state index contributed by atoms with van der Waals surface area (Å²) in [5.41, 5.74) is 0. The van der Waals surface area contributed by atoms with Crippen LogP contribution in [0.2, 0.25) is 0 Å². The molecule has 5 heteroatoms. The zero-order chi connectivity index (χ0) is 12.6. The number of likely N-dealkylation sites (tertiary alicyclic amines) is 1. The SMILES string of the molecule is O=C(CCCn1cncn1)N1CCCCCCC1. The van der Waals surface area contributed by atoms with Crippen LogP contribution in [0.3, 0.4) is 0 Å². The van der Waals surface area contributed by atoms with Gasteiger partial charge in [-0.1, -0.05) is 19.3 Å². The van der Waals surface area contributed by atoms with Gasteiger partial charge in [-0.2, -0.15) is 5.10 Å². The molecule has 2 heterocycles. The normalized spacial score (nSPS) is 17.2. The fourth-order valence-electron chi connectivity index (χ4n) is 2.40. The van der Waals surface area contributed by atoms with Gasteiger partial charge in [-0.3, -0.25) is 9.48 Å². The van der Waals surface area contributed by atoms with Crippen LogP contribution in [0.5, 0.6) is 0 Å². The van der Waals surface area contributed by atoms with Crippen LogP contribution in [-0.4, -0.2) is 38.7 Å². The quantitative estimate of drug-likeness (QED) is 0.819. The Hall–Kier alpha value is -1.39. The molecule has 0 N–H and O–H groups in total. The third kappa shape index (κ3) is 4.13. The smallest absolute Gasteiger partial charge is 0.222 e. The van der Waals surface area contributed by atoms with Crippen molar-refractivity contribution in [2.75, 3.05) is 13.1 Å². The maximum Gasteiger partial charge on any atom is 0.222 e. The van der Waals surface area contributed by atoms with Crippen LogP contribution in [0, 0.1) is 0 Å². The summed E-state index contributed by atoms with van der Waals surface area (Å²) in [6.07, 6.45) is 10.9. The van der Waals surface area contributed by atoms with Crippen molar-refractivity contribution in [2.24, 2.45) is 0 Å². The summed E-state index contributed by atoms with van der Waals surface area (Å²) in [6, 6.07) is 0. The molecule has 0 spiro atoms. The molecule has 1 aliphatic rings. The first kappa shape index (κ1) is 13.1. The third-order valence-corrected chi connectivity index (χ3v) is 3.45. The number of hydrogen-bond donors (Lipinski definition) is 0. The highest BCUT2D eigenvalue weighted by atomic mass is 16.2. The van der Waals surface area contributed by atoms with E-state index in [4.69, 9.17) is 0 Å². The van der Waals surface area contributed by atoms with E-state index in [2.05, 4.69) is 10.1 Å². The van der Waals surface area contributed by atoms with Gasteiger partial charge < -0.3 is 4.90 Å². The number of amides is 1. The Bertz CT molecular complexity index is 342. The number of aryl methyl sites for hydroxylation is 1. The molecule has 1 saturated heterocycles. The van der Waals surface area contributed by atoms with Crippen molar-refractivity contribution in [1.82, 2.24) is 19.7 Å². The topological polar surface area (TPSA) is 51.0 Å². The predicted octanol–water partition coefficient (Wildman–Crippen LogP) is 1.85. The number of carbonyl (C=O) groups excluding carboxylic acids is 1. The Kier molecular flexibility index (Phi) is 5.17. The second-order valence-electron chi connectivity index (χ2n) is 4.91. The molecule has 1 aliphatic heterocycles. The minimum absolute atomic E-state index is 0.303. The molecular weight excluding hydrogens is 228 g/mol. The molecular formula is C13H22N4O. The molecule has 100 valence electrons. The molecule has 0 atom stereocenters. The minimum atomic E-state index is 0.303. The standard InChI is InChI=1S/C13H22N4O/c18-13(7-6-10-17-12-14-11-15-17)16-8-4-2-1-3-5-9-16/h11-12H,1-10H2. The summed E-state index contributed by atoms with van der Waals surface area (Å²) in [5.74, 6) is 0.303. The molecule has 1 aromatic rings. The van der Waals surface area contributed by atoms with Gasteiger partial charge >= 0.3 is 0 Å².